The van der Waals surface area contributed by atoms with Gasteiger partial charge in [0.25, 0.3) is 0 Å². The second kappa shape index (κ2) is 9.68. The summed E-state index contributed by atoms with van der Waals surface area (Å²) in [5, 5.41) is 4.31. The molecule has 0 radical (unpaired) electrons. The van der Waals surface area contributed by atoms with Crippen molar-refractivity contribution in [2.45, 2.75) is 45.1 Å². The SMILES string of the molecule is C[C@@H](Nc1nc2ccc(C#Cc3ccc(-c4ccc(Cl)cc4)cn3)cc2[nH]1)C1CCCCC1. The zero-order valence-corrected chi connectivity index (χ0v) is 19.5. The van der Waals surface area contributed by atoms with Crippen LogP contribution in [0.5, 0.6) is 0 Å². The summed E-state index contributed by atoms with van der Waals surface area (Å²) in [6.07, 6.45) is 8.53. The van der Waals surface area contributed by atoms with Gasteiger partial charge in [-0.05, 0) is 73.6 Å². The third kappa shape index (κ3) is 5.21. The number of nitrogens with zero attached hydrogens (tertiary/aromatic N) is 2. The van der Waals surface area contributed by atoms with Crippen LogP contribution in [-0.2, 0) is 0 Å². The van der Waals surface area contributed by atoms with Gasteiger partial charge in [-0.3, -0.25) is 0 Å². The van der Waals surface area contributed by atoms with Gasteiger partial charge >= 0.3 is 0 Å². The highest BCUT2D eigenvalue weighted by molar-refractivity contribution is 6.30. The smallest absolute Gasteiger partial charge is 0.201 e. The molecule has 1 saturated carbocycles. The lowest BCUT2D eigenvalue weighted by molar-refractivity contribution is 0.328. The van der Waals surface area contributed by atoms with Gasteiger partial charge in [-0.15, -0.1) is 0 Å². The third-order valence-electron chi connectivity index (χ3n) is 6.48. The van der Waals surface area contributed by atoms with Crippen molar-refractivity contribution in [2.24, 2.45) is 5.92 Å². The minimum Gasteiger partial charge on any atom is -0.353 e. The molecule has 2 aromatic heterocycles. The summed E-state index contributed by atoms with van der Waals surface area (Å²) in [5.41, 5.74) is 5.73. The Morgan fingerprint density at radius 3 is 2.52 bits per heavy atom. The topological polar surface area (TPSA) is 53.6 Å². The summed E-state index contributed by atoms with van der Waals surface area (Å²) < 4.78 is 0. The first-order valence-corrected chi connectivity index (χ1v) is 12.0. The van der Waals surface area contributed by atoms with E-state index in [1.54, 1.807) is 0 Å². The largest absolute Gasteiger partial charge is 0.353 e. The number of aromatic amines is 1. The number of fused-ring (bicyclic) bond motifs is 1. The number of anilines is 1. The van der Waals surface area contributed by atoms with E-state index in [2.05, 4.69) is 34.0 Å². The monoisotopic (exact) mass is 454 g/mol. The summed E-state index contributed by atoms with van der Waals surface area (Å²) >= 11 is 5.97. The molecule has 0 amide bonds. The molecule has 1 aliphatic rings. The average molecular weight is 455 g/mol. The van der Waals surface area contributed by atoms with E-state index in [-0.39, 0.29) is 0 Å². The van der Waals surface area contributed by atoms with Gasteiger partial charge in [-0.1, -0.05) is 55.0 Å². The lowest BCUT2D eigenvalue weighted by Crippen LogP contribution is -2.28. The number of H-pyrrole nitrogens is 1. The molecular formula is C28H27ClN4. The minimum atomic E-state index is 0.423. The fourth-order valence-corrected chi connectivity index (χ4v) is 4.67. The van der Waals surface area contributed by atoms with Crippen molar-refractivity contribution < 1.29 is 0 Å². The number of aromatic nitrogens is 3. The maximum atomic E-state index is 5.97. The Kier molecular flexibility index (Phi) is 6.32. The zero-order valence-electron chi connectivity index (χ0n) is 18.7. The second-order valence-corrected chi connectivity index (χ2v) is 9.27. The standard InChI is InChI=1S/C28H27ClN4/c1-19(21-5-3-2-4-6-21)31-28-32-26-16-8-20(17-27(26)33-28)7-14-25-15-11-23(18-30-25)22-9-12-24(29)13-10-22/h8-13,15-19,21H,2-6H2,1H3,(H2,31,32,33)/t19-/m1/s1. The van der Waals surface area contributed by atoms with E-state index in [1.807, 2.05) is 60.8 Å². The van der Waals surface area contributed by atoms with E-state index in [4.69, 9.17) is 16.6 Å². The quantitative estimate of drug-likeness (QED) is 0.324. The predicted molar refractivity (Wildman–Crippen MR) is 136 cm³/mol. The maximum Gasteiger partial charge on any atom is 0.201 e. The van der Waals surface area contributed by atoms with Gasteiger partial charge in [0, 0.05) is 28.4 Å². The zero-order chi connectivity index (χ0) is 22.6. The normalized spacial score (nSPS) is 15.1. The first-order chi connectivity index (χ1) is 16.1. The highest BCUT2D eigenvalue weighted by Gasteiger charge is 2.20. The summed E-state index contributed by atoms with van der Waals surface area (Å²) in [6.45, 7) is 2.27. The Labute approximate surface area is 199 Å². The van der Waals surface area contributed by atoms with E-state index >= 15 is 0 Å². The first-order valence-electron chi connectivity index (χ1n) is 11.6. The van der Waals surface area contributed by atoms with Crippen LogP contribution in [0, 0.1) is 17.8 Å². The Morgan fingerprint density at radius 2 is 1.76 bits per heavy atom. The summed E-state index contributed by atoms with van der Waals surface area (Å²) in [6, 6.07) is 18.2. The van der Waals surface area contributed by atoms with E-state index in [9.17, 15) is 0 Å². The molecule has 2 N–H and O–H groups in total. The van der Waals surface area contributed by atoms with Crippen molar-refractivity contribution >= 4 is 28.6 Å². The van der Waals surface area contributed by atoms with Crippen LogP contribution in [0.1, 0.15) is 50.3 Å². The molecule has 0 unspecified atom stereocenters. The number of pyridine rings is 1. The van der Waals surface area contributed by atoms with Crippen molar-refractivity contribution in [3.63, 3.8) is 0 Å². The molecule has 1 aliphatic carbocycles. The summed E-state index contributed by atoms with van der Waals surface area (Å²) in [7, 11) is 0. The number of hydrogen-bond donors (Lipinski definition) is 2. The van der Waals surface area contributed by atoms with Crippen LogP contribution in [0.3, 0.4) is 0 Å². The van der Waals surface area contributed by atoms with Crippen LogP contribution >= 0.6 is 11.6 Å². The van der Waals surface area contributed by atoms with Gasteiger partial charge < -0.3 is 10.3 Å². The molecular weight excluding hydrogens is 428 g/mol. The molecule has 1 atom stereocenters. The van der Waals surface area contributed by atoms with E-state index in [1.165, 1.54) is 32.1 Å². The molecule has 0 saturated heterocycles. The number of rotatable bonds is 4. The number of nitrogens with one attached hydrogen (secondary N) is 2. The Bertz CT molecular complexity index is 1290. The van der Waals surface area contributed by atoms with Gasteiger partial charge in [0.15, 0.2) is 0 Å². The summed E-state index contributed by atoms with van der Waals surface area (Å²) in [4.78, 5) is 12.6. The van der Waals surface area contributed by atoms with Gasteiger partial charge in [0.05, 0.1) is 11.0 Å². The lowest BCUT2D eigenvalue weighted by atomic mass is 9.85. The second-order valence-electron chi connectivity index (χ2n) is 8.84. The van der Waals surface area contributed by atoms with Crippen molar-refractivity contribution in [2.75, 3.05) is 5.32 Å². The van der Waals surface area contributed by atoms with Crippen molar-refractivity contribution in [1.29, 1.82) is 0 Å². The molecule has 5 rings (SSSR count). The number of imidazole rings is 1. The molecule has 0 aliphatic heterocycles. The van der Waals surface area contributed by atoms with Crippen LogP contribution in [0.4, 0.5) is 5.95 Å². The predicted octanol–water partition coefficient (Wildman–Crippen LogP) is 7.06. The van der Waals surface area contributed by atoms with Crippen LogP contribution in [-0.4, -0.2) is 21.0 Å². The molecule has 2 heterocycles. The molecule has 4 nitrogen and oxygen atoms in total. The minimum absolute atomic E-state index is 0.423. The van der Waals surface area contributed by atoms with Gasteiger partial charge in [-0.25, -0.2) is 9.97 Å². The number of hydrogen-bond acceptors (Lipinski definition) is 3. The van der Waals surface area contributed by atoms with Crippen LogP contribution in [0.2, 0.25) is 5.02 Å². The molecule has 166 valence electrons. The Hall–Kier alpha value is -3.29. The van der Waals surface area contributed by atoms with Crippen LogP contribution in [0.15, 0.2) is 60.8 Å². The fraction of sp³-hybridized carbons (Fsp3) is 0.286. The number of halogens is 1. The van der Waals surface area contributed by atoms with E-state index in [0.717, 1.165) is 50.3 Å². The molecule has 1 fully saturated rings. The van der Waals surface area contributed by atoms with Crippen molar-refractivity contribution in [1.82, 2.24) is 15.0 Å². The summed E-state index contributed by atoms with van der Waals surface area (Å²) in [5.74, 6) is 7.96. The molecule has 0 spiro atoms. The van der Waals surface area contributed by atoms with E-state index < -0.39 is 0 Å². The third-order valence-corrected chi connectivity index (χ3v) is 6.73. The van der Waals surface area contributed by atoms with Gasteiger partial charge in [0.2, 0.25) is 5.95 Å². The molecule has 33 heavy (non-hydrogen) atoms. The maximum absolute atomic E-state index is 5.97. The number of benzene rings is 2. The Morgan fingerprint density at radius 1 is 0.970 bits per heavy atom. The Balaban J connectivity index is 1.28. The molecule has 5 heteroatoms. The first kappa shape index (κ1) is 21.6. The molecule has 0 bridgehead atoms. The average Bonchev–Trinajstić information content (AvgIpc) is 3.25. The fourth-order valence-electron chi connectivity index (χ4n) is 4.54. The lowest BCUT2D eigenvalue weighted by Gasteiger charge is -2.28. The van der Waals surface area contributed by atoms with Crippen molar-refractivity contribution in [3.8, 4) is 23.0 Å². The van der Waals surface area contributed by atoms with Crippen molar-refractivity contribution in [3.05, 3.63) is 77.1 Å². The van der Waals surface area contributed by atoms with Gasteiger partial charge in [-0.2, -0.15) is 0 Å². The van der Waals surface area contributed by atoms with Crippen LogP contribution < -0.4 is 5.32 Å². The van der Waals surface area contributed by atoms with E-state index in [0.29, 0.717) is 6.04 Å². The molecule has 2 aromatic carbocycles. The molecule has 4 aromatic rings. The van der Waals surface area contributed by atoms with Crippen LogP contribution in [0.25, 0.3) is 22.2 Å². The highest BCUT2D eigenvalue weighted by atomic mass is 35.5. The highest BCUT2D eigenvalue weighted by Crippen LogP contribution is 2.28. The van der Waals surface area contributed by atoms with Gasteiger partial charge in [0.1, 0.15) is 5.69 Å².